The van der Waals surface area contributed by atoms with E-state index in [1.807, 2.05) is 23.6 Å². The maximum atomic E-state index is 6.62. The molecule has 4 rings (SSSR count). The Balaban J connectivity index is 1.73. The lowest BCUT2D eigenvalue weighted by Gasteiger charge is -2.28. The molecule has 21 heavy (non-hydrogen) atoms. The van der Waals surface area contributed by atoms with Gasteiger partial charge in [-0.05, 0) is 48.4 Å². The van der Waals surface area contributed by atoms with Crippen LogP contribution in [0.4, 0.5) is 0 Å². The fraction of sp³-hybridized carbons (Fsp3) is 0.278. The molecule has 0 radical (unpaired) electrons. The average Bonchev–Trinajstić information content (AvgIpc) is 2.97. The quantitative estimate of drug-likeness (QED) is 0.760. The third-order valence-corrected chi connectivity index (χ3v) is 5.66. The molecule has 1 aromatic carbocycles. The number of pyridine rings is 1. The molecule has 3 aromatic rings. The summed E-state index contributed by atoms with van der Waals surface area (Å²) in [6, 6.07) is 15.0. The molecule has 0 saturated heterocycles. The summed E-state index contributed by atoms with van der Waals surface area (Å²) in [5, 5.41) is 1.30. The van der Waals surface area contributed by atoms with Crippen LogP contribution >= 0.6 is 11.3 Å². The van der Waals surface area contributed by atoms with Crippen molar-refractivity contribution in [2.45, 2.75) is 31.2 Å². The standard InChI is InChI=1S/C18H18N2S/c19-17(16-11-13-5-1-2-9-15(13)21-16)14-8-3-6-12-7-4-10-20-18(12)14/h1-2,4-5,7,9-11,14,17H,3,6,8,19H2. The first-order valence-corrected chi connectivity index (χ1v) is 8.32. The van der Waals surface area contributed by atoms with Gasteiger partial charge in [0.15, 0.2) is 0 Å². The zero-order valence-electron chi connectivity index (χ0n) is 11.8. The van der Waals surface area contributed by atoms with E-state index in [2.05, 4.69) is 41.4 Å². The van der Waals surface area contributed by atoms with E-state index in [1.165, 1.54) is 32.6 Å². The molecule has 3 heteroatoms. The number of nitrogens with zero attached hydrogens (tertiary/aromatic N) is 1. The third kappa shape index (κ3) is 2.27. The maximum Gasteiger partial charge on any atom is 0.0485 e. The summed E-state index contributed by atoms with van der Waals surface area (Å²) in [6.45, 7) is 0. The van der Waals surface area contributed by atoms with Crippen molar-refractivity contribution < 1.29 is 0 Å². The highest BCUT2D eigenvalue weighted by molar-refractivity contribution is 7.19. The molecule has 2 aromatic heterocycles. The van der Waals surface area contributed by atoms with Crippen LogP contribution in [0.5, 0.6) is 0 Å². The summed E-state index contributed by atoms with van der Waals surface area (Å²) in [5.74, 6) is 0.350. The average molecular weight is 294 g/mol. The molecule has 0 bridgehead atoms. The highest BCUT2D eigenvalue weighted by Crippen LogP contribution is 2.41. The van der Waals surface area contributed by atoms with Gasteiger partial charge in [0.2, 0.25) is 0 Å². The number of hydrogen-bond donors (Lipinski definition) is 1. The Bertz CT molecular complexity index is 744. The van der Waals surface area contributed by atoms with E-state index in [0.717, 1.165) is 12.8 Å². The van der Waals surface area contributed by atoms with Crippen LogP contribution in [-0.2, 0) is 6.42 Å². The fourth-order valence-corrected chi connectivity index (χ4v) is 4.49. The van der Waals surface area contributed by atoms with Gasteiger partial charge in [-0.25, -0.2) is 0 Å². The zero-order valence-corrected chi connectivity index (χ0v) is 12.6. The topological polar surface area (TPSA) is 38.9 Å². The molecule has 2 atom stereocenters. The van der Waals surface area contributed by atoms with Gasteiger partial charge in [-0.3, -0.25) is 4.98 Å². The molecule has 2 heterocycles. The van der Waals surface area contributed by atoms with Crippen LogP contribution in [-0.4, -0.2) is 4.98 Å². The summed E-state index contributed by atoms with van der Waals surface area (Å²) in [7, 11) is 0. The van der Waals surface area contributed by atoms with Crippen molar-refractivity contribution in [2.24, 2.45) is 5.73 Å². The van der Waals surface area contributed by atoms with Crippen molar-refractivity contribution in [2.75, 3.05) is 0 Å². The van der Waals surface area contributed by atoms with E-state index in [9.17, 15) is 0 Å². The molecule has 2 N–H and O–H groups in total. The maximum absolute atomic E-state index is 6.62. The van der Waals surface area contributed by atoms with Crippen LogP contribution in [0.15, 0.2) is 48.7 Å². The highest BCUT2D eigenvalue weighted by Gasteiger charge is 2.28. The summed E-state index contributed by atoms with van der Waals surface area (Å²) in [6.07, 6.45) is 5.38. The van der Waals surface area contributed by atoms with Gasteiger partial charge in [0.25, 0.3) is 0 Å². The number of nitrogens with two attached hydrogens (primary N) is 1. The minimum Gasteiger partial charge on any atom is -0.323 e. The van der Waals surface area contributed by atoms with E-state index in [-0.39, 0.29) is 6.04 Å². The summed E-state index contributed by atoms with van der Waals surface area (Å²) in [5.41, 5.74) is 9.22. The van der Waals surface area contributed by atoms with Gasteiger partial charge in [0.05, 0.1) is 0 Å². The van der Waals surface area contributed by atoms with E-state index >= 15 is 0 Å². The SMILES string of the molecule is NC(c1cc2ccccc2s1)C1CCCc2cccnc21. The highest BCUT2D eigenvalue weighted by atomic mass is 32.1. The Morgan fingerprint density at radius 1 is 1.19 bits per heavy atom. The molecule has 106 valence electrons. The Hall–Kier alpha value is -1.71. The lowest BCUT2D eigenvalue weighted by molar-refractivity contribution is 0.467. The van der Waals surface area contributed by atoms with Crippen LogP contribution in [0.25, 0.3) is 10.1 Å². The van der Waals surface area contributed by atoms with Gasteiger partial charge in [0.1, 0.15) is 0 Å². The Labute approximate surface area is 128 Å². The molecule has 1 aliphatic carbocycles. The Morgan fingerprint density at radius 3 is 3.00 bits per heavy atom. The van der Waals surface area contributed by atoms with E-state index in [4.69, 9.17) is 5.73 Å². The molecule has 2 unspecified atom stereocenters. The van der Waals surface area contributed by atoms with Gasteiger partial charge in [-0.2, -0.15) is 0 Å². The molecule has 0 aliphatic heterocycles. The van der Waals surface area contributed by atoms with Crippen molar-refractivity contribution in [3.63, 3.8) is 0 Å². The summed E-state index contributed by atoms with van der Waals surface area (Å²) in [4.78, 5) is 5.90. The number of aromatic nitrogens is 1. The van der Waals surface area contributed by atoms with Crippen LogP contribution in [0.3, 0.4) is 0 Å². The molecular formula is C18H18N2S. The number of fused-ring (bicyclic) bond motifs is 2. The van der Waals surface area contributed by atoms with Crippen LogP contribution in [0, 0.1) is 0 Å². The summed E-state index contributed by atoms with van der Waals surface area (Å²) >= 11 is 1.82. The largest absolute Gasteiger partial charge is 0.323 e. The van der Waals surface area contributed by atoms with Crippen LogP contribution < -0.4 is 5.73 Å². The number of rotatable bonds is 2. The Kier molecular flexibility index (Phi) is 3.24. The van der Waals surface area contributed by atoms with E-state index in [0.29, 0.717) is 5.92 Å². The van der Waals surface area contributed by atoms with Gasteiger partial charge in [-0.1, -0.05) is 24.3 Å². The predicted octanol–water partition coefficient (Wildman–Crippen LogP) is 4.42. The van der Waals surface area contributed by atoms with Gasteiger partial charge in [0, 0.05) is 33.4 Å². The number of aryl methyl sites for hydroxylation is 1. The second-order valence-electron chi connectivity index (χ2n) is 5.76. The van der Waals surface area contributed by atoms with Gasteiger partial charge >= 0.3 is 0 Å². The van der Waals surface area contributed by atoms with Crippen molar-refractivity contribution in [3.8, 4) is 0 Å². The van der Waals surface area contributed by atoms with Crippen molar-refractivity contribution in [3.05, 3.63) is 64.8 Å². The molecular weight excluding hydrogens is 276 g/mol. The lowest BCUT2D eigenvalue weighted by atomic mass is 9.82. The number of benzene rings is 1. The zero-order chi connectivity index (χ0) is 14.2. The second-order valence-corrected chi connectivity index (χ2v) is 6.87. The second kappa shape index (κ2) is 5.24. The smallest absolute Gasteiger partial charge is 0.0485 e. The van der Waals surface area contributed by atoms with Gasteiger partial charge in [-0.15, -0.1) is 11.3 Å². The number of thiophene rings is 1. The Morgan fingerprint density at radius 2 is 2.10 bits per heavy atom. The van der Waals surface area contributed by atoms with Crippen molar-refractivity contribution in [1.82, 2.24) is 4.98 Å². The molecule has 0 fully saturated rings. The fourth-order valence-electron chi connectivity index (χ4n) is 3.36. The van der Waals surface area contributed by atoms with E-state index in [1.54, 1.807) is 0 Å². The van der Waals surface area contributed by atoms with Crippen molar-refractivity contribution >= 4 is 21.4 Å². The van der Waals surface area contributed by atoms with Crippen molar-refractivity contribution in [1.29, 1.82) is 0 Å². The summed E-state index contributed by atoms with van der Waals surface area (Å²) < 4.78 is 1.32. The molecule has 0 spiro atoms. The molecule has 1 aliphatic rings. The minimum atomic E-state index is 0.0522. The third-order valence-electron chi connectivity index (χ3n) is 4.45. The van der Waals surface area contributed by atoms with Crippen LogP contribution in [0.2, 0.25) is 0 Å². The monoisotopic (exact) mass is 294 g/mol. The number of hydrogen-bond acceptors (Lipinski definition) is 3. The minimum absolute atomic E-state index is 0.0522. The first-order valence-electron chi connectivity index (χ1n) is 7.51. The molecule has 0 amide bonds. The first kappa shape index (κ1) is 13.0. The molecule has 0 saturated carbocycles. The molecule has 2 nitrogen and oxygen atoms in total. The van der Waals surface area contributed by atoms with Gasteiger partial charge < -0.3 is 5.73 Å². The van der Waals surface area contributed by atoms with Crippen LogP contribution in [0.1, 0.15) is 40.9 Å². The predicted molar refractivity (Wildman–Crippen MR) is 88.7 cm³/mol. The normalized spacial score (nSPS) is 19.4. The first-order chi connectivity index (χ1) is 10.3. The van der Waals surface area contributed by atoms with E-state index < -0.39 is 0 Å². The lowest BCUT2D eigenvalue weighted by Crippen LogP contribution is -2.23.